The van der Waals surface area contributed by atoms with Gasteiger partial charge in [0.1, 0.15) is 0 Å². The molecule has 0 aliphatic rings. The molecule has 0 unspecified atom stereocenters. The van der Waals surface area contributed by atoms with Crippen LogP contribution in [0.1, 0.15) is 11.1 Å². The van der Waals surface area contributed by atoms with E-state index >= 15 is 0 Å². The summed E-state index contributed by atoms with van der Waals surface area (Å²) in [6, 6.07) is 20.1. The van der Waals surface area contributed by atoms with Crippen LogP contribution in [0.15, 0.2) is 77.8 Å². The van der Waals surface area contributed by atoms with Crippen molar-refractivity contribution in [1.29, 1.82) is 0 Å². The van der Waals surface area contributed by atoms with E-state index in [0.29, 0.717) is 23.1 Å². The molecule has 3 aromatic carbocycles. The number of hydrogen-bond donors (Lipinski definition) is 2. The third-order valence-electron chi connectivity index (χ3n) is 4.89. The Balaban J connectivity index is 1.59. The van der Waals surface area contributed by atoms with Gasteiger partial charge >= 0.3 is 0 Å². The number of benzene rings is 3. The number of para-hydroxylation sites is 1. The number of aromatic nitrogens is 1. The van der Waals surface area contributed by atoms with Crippen LogP contribution in [0.2, 0.25) is 10.0 Å². The van der Waals surface area contributed by atoms with Crippen molar-refractivity contribution in [3.8, 4) is 0 Å². The number of halogens is 2. The van der Waals surface area contributed by atoms with Crippen LogP contribution in [0.5, 0.6) is 0 Å². The average Bonchev–Trinajstić information content (AvgIpc) is 3.06. The second kappa shape index (κ2) is 8.32. The SMILES string of the molecule is NS(=O)(=O)c1ccc(NCc2cn(Cc3ccc(Cl)cc3Cl)c3ccccc23)cc1. The van der Waals surface area contributed by atoms with E-state index in [1.165, 1.54) is 12.1 Å². The molecule has 5 nitrogen and oxygen atoms in total. The van der Waals surface area contributed by atoms with Crippen molar-refractivity contribution in [3.63, 3.8) is 0 Å². The first-order chi connectivity index (χ1) is 14.3. The van der Waals surface area contributed by atoms with Gasteiger partial charge in [-0.25, -0.2) is 13.6 Å². The van der Waals surface area contributed by atoms with Crippen molar-refractivity contribution >= 4 is 49.8 Å². The zero-order chi connectivity index (χ0) is 21.3. The predicted molar refractivity (Wildman–Crippen MR) is 123 cm³/mol. The minimum Gasteiger partial charge on any atom is -0.381 e. The van der Waals surface area contributed by atoms with Gasteiger partial charge in [-0.15, -0.1) is 0 Å². The lowest BCUT2D eigenvalue weighted by molar-refractivity contribution is 0.598. The Morgan fingerprint density at radius 1 is 0.933 bits per heavy atom. The van der Waals surface area contributed by atoms with Crippen LogP contribution in [0.3, 0.4) is 0 Å². The summed E-state index contributed by atoms with van der Waals surface area (Å²) < 4.78 is 25.0. The van der Waals surface area contributed by atoms with Crippen molar-refractivity contribution in [1.82, 2.24) is 4.57 Å². The maximum atomic E-state index is 11.4. The number of nitrogens with one attached hydrogen (secondary N) is 1. The summed E-state index contributed by atoms with van der Waals surface area (Å²) in [5.41, 5.74) is 4.01. The third kappa shape index (κ3) is 4.47. The lowest BCUT2D eigenvalue weighted by Crippen LogP contribution is -2.12. The lowest BCUT2D eigenvalue weighted by atomic mass is 10.1. The van der Waals surface area contributed by atoms with Gasteiger partial charge in [0.05, 0.1) is 4.90 Å². The van der Waals surface area contributed by atoms with Gasteiger partial charge < -0.3 is 9.88 Å². The highest BCUT2D eigenvalue weighted by molar-refractivity contribution is 7.89. The van der Waals surface area contributed by atoms with Gasteiger partial charge in [0, 0.05) is 45.9 Å². The molecule has 30 heavy (non-hydrogen) atoms. The fraction of sp³-hybridized carbons (Fsp3) is 0.0909. The molecule has 0 bridgehead atoms. The molecule has 3 N–H and O–H groups in total. The highest BCUT2D eigenvalue weighted by atomic mass is 35.5. The first kappa shape index (κ1) is 20.8. The zero-order valence-corrected chi connectivity index (χ0v) is 18.2. The number of fused-ring (bicyclic) bond motifs is 1. The van der Waals surface area contributed by atoms with E-state index in [0.717, 1.165) is 27.7 Å². The van der Waals surface area contributed by atoms with E-state index in [1.807, 2.05) is 24.3 Å². The zero-order valence-electron chi connectivity index (χ0n) is 15.8. The average molecular weight is 460 g/mol. The number of nitrogens with two attached hydrogens (primary N) is 1. The molecular formula is C22H19Cl2N3O2S. The van der Waals surface area contributed by atoms with Crippen LogP contribution in [0.25, 0.3) is 10.9 Å². The van der Waals surface area contributed by atoms with Gasteiger partial charge in [0.2, 0.25) is 10.0 Å². The molecule has 0 atom stereocenters. The second-order valence-electron chi connectivity index (χ2n) is 6.96. The molecular weight excluding hydrogens is 441 g/mol. The van der Waals surface area contributed by atoms with Crippen molar-refractivity contribution in [2.24, 2.45) is 5.14 Å². The Morgan fingerprint density at radius 3 is 2.37 bits per heavy atom. The minimum atomic E-state index is -3.70. The van der Waals surface area contributed by atoms with Gasteiger partial charge in [-0.3, -0.25) is 0 Å². The number of anilines is 1. The Kier molecular flexibility index (Phi) is 5.75. The standard InChI is InChI=1S/C22H19Cl2N3O2S/c23-17-6-5-15(21(24)11-17)13-27-14-16(20-3-1-2-4-22(20)27)12-26-18-7-9-19(10-8-18)30(25,28)29/h1-11,14,26H,12-13H2,(H2,25,28,29). The summed E-state index contributed by atoms with van der Waals surface area (Å²) in [4.78, 5) is 0.0875. The molecule has 8 heteroatoms. The number of nitrogens with zero attached hydrogens (tertiary/aromatic N) is 1. The van der Waals surface area contributed by atoms with E-state index in [4.69, 9.17) is 28.3 Å². The van der Waals surface area contributed by atoms with Crippen molar-refractivity contribution in [2.45, 2.75) is 18.0 Å². The van der Waals surface area contributed by atoms with Crippen LogP contribution < -0.4 is 10.5 Å². The molecule has 4 rings (SSSR count). The molecule has 0 aliphatic carbocycles. The molecule has 0 fully saturated rings. The van der Waals surface area contributed by atoms with E-state index in [1.54, 1.807) is 18.2 Å². The Morgan fingerprint density at radius 2 is 1.67 bits per heavy atom. The predicted octanol–water partition coefficient (Wildman–Crippen LogP) is 5.26. The molecule has 0 saturated heterocycles. The number of rotatable bonds is 6. The lowest BCUT2D eigenvalue weighted by Gasteiger charge is -2.08. The summed E-state index contributed by atoms with van der Waals surface area (Å²) in [6.45, 7) is 1.20. The largest absolute Gasteiger partial charge is 0.381 e. The normalized spacial score (nSPS) is 11.7. The Hall–Kier alpha value is -2.51. The number of hydrogen-bond acceptors (Lipinski definition) is 3. The fourth-order valence-electron chi connectivity index (χ4n) is 3.39. The molecule has 1 aromatic heterocycles. The highest BCUT2D eigenvalue weighted by Crippen LogP contribution is 2.27. The van der Waals surface area contributed by atoms with Gasteiger partial charge in [0.25, 0.3) is 0 Å². The maximum Gasteiger partial charge on any atom is 0.238 e. The van der Waals surface area contributed by atoms with Gasteiger partial charge in [-0.05, 0) is 53.6 Å². The smallest absolute Gasteiger partial charge is 0.238 e. The Labute approximate surface area is 185 Å². The molecule has 1 heterocycles. The third-order valence-corrected chi connectivity index (χ3v) is 6.41. The summed E-state index contributed by atoms with van der Waals surface area (Å²) in [7, 11) is -3.70. The highest BCUT2D eigenvalue weighted by Gasteiger charge is 2.11. The summed E-state index contributed by atoms with van der Waals surface area (Å²) in [6.07, 6.45) is 2.10. The quantitative estimate of drug-likeness (QED) is 0.412. The summed E-state index contributed by atoms with van der Waals surface area (Å²) in [5, 5.41) is 10.9. The van der Waals surface area contributed by atoms with E-state index in [-0.39, 0.29) is 4.90 Å². The minimum absolute atomic E-state index is 0.0875. The fourth-order valence-corrected chi connectivity index (χ4v) is 4.37. The van der Waals surface area contributed by atoms with Gasteiger partial charge in [-0.1, -0.05) is 47.5 Å². The van der Waals surface area contributed by atoms with Crippen LogP contribution in [-0.4, -0.2) is 13.0 Å². The molecule has 0 amide bonds. The van der Waals surface area contributed by atoms with Crippen LogP contribution >= 0.6 is 23.2 Å². The first-order valence-electron chi connectivity index (χ1n) is 9.19. The van der Waals surface area contributed by atoms with E-state index in [2.05, 4.69) is 28.2 Å². The van der Waals surface area contributed by atoms with Crippen molar-refractivity contribution in [3.05, 3.63) is 94.1 Å². The second-order valence-corrected chi connectivity index (χ2v) is 9.36. The molecule has 0 saturated carbocycles. The topological polar surface area (TPSA) is 77.1 Å². The van der Waals surface area contributed by atoms with Gasteiger partial charge in [0.15, 0.2) is 0 Å². The summed E-state index contributed by atoms with van der Waals surface area (Å²) in [5.74, 6) is 0. The van der Waals surface area contributed by atoms with E-state index < -0.39 is 10.0 Å². The van der Waals surface area contributed by atoms with Crippen LogP contribution in [0, 0.1) is 0 Å². The van der Waals surface area contributed by atoms with Crippen LogP contribution in [0.4, 0.5) is 5.69 Å². The number of primary sulfonamides is 1. The Bertz CT molecular complexity index is 1320. The first-order valence-corrected chi connectivity index (χ1v) is 11.5. The van der Waals surface area contributed by atoms with Crippen molar-refractivity contribution < 1.29 is 8.42 Å². The van der Waals surface area contributed by atoms with Crippen LogP contribution in [-0.2, 0) is 23.1 Å². The molecule has 0 radical (unpaired) electrons. The molecule has 154 valence electrons. The molecule has 0 spiro atoms. The molecule has 0 aliphatic heterocycles. The number of sulfonamides is 1. The van der Waals surface area contributed by atoms with Gasteiger partial charge in [-0.2, -0.15) is 0 Å². The van der Waals surface area contributed by atoms with Crippen molar-refractivity contribution in [2.75, 3.05) is 5.32 Å². The summed E-state index contributed by atoms with van der Waals surface area (Å²) >= 11 is 12.4. The molecule has 4 aromatic rings. The monoisotopic (exact) mass is 459 g/mol. The van der Waals surface area contributed by atoms with E-state index in [9.17, 15) is 8.42 Å². The maximum absolute atomic E-state index is 11.4.